The molecule has 1 aromatic heterocycles. The number of carbonyl (C=O) groups is 2. The topological polar surface area (TPSA) is 102 Å². The summed E-state index contributed by atoms with van der Waals surface area (Å²) in [6, 6.07) is 13.1. The summed E-state index contributed by atoms with van der Waals surface area (Å²) in [6.45, 7) is 2.60. The molecule has 8 nitrogen and oxygen atoms in total. The highest BCUT2D eigenvalue weighted by atomic mass is 32.1. The van der Waals surface area contributed by atoms with E-state index < -0.39 is 17.7 Å². The molecule has 0 aliphatic carbocycles. The number of aliphatic hydroxyl groups is 1. The van der Waals surface area contributed by atoms with Gasteiger partial charge in [-0.05, 0) is 30.7 Å². The van der Waals surface area contributed by atoms with E-state index in [-0.39, 0.29) is 11.3 Å². The Hall–Kier alpha value is -3.72. The number of amides is 1. The maximum absolute atomic E-state index is 13.1. The first kappa shape index (κ1) is 19.3. The summed E-state index contributed by atoms with van der Waals surface area (Å²) < 4.78 is 11.1. The van der Waals surface area contributed by atoms with Gasteiger partial charge in [-0.2, -0.15) is 0 Å². The molecule has 0 radical (unpaired) electrons. The monoisotopic (exact) mass is 435 g/mol. The number of nitrogens with zero attached hydrogens (tertiary/aromatic N) is 3. The van der Waals surface area contributed by atoms with Gasteiger partial charge >= 0.3 is 5.91 Å². The molecule has 9 heteroatoms. The van der Waals surface area contributed by atoms with Crippen LogP contribution < -0.4 is 14.4 Å². The molecule has 3 heterocycles. The number of ketones is 1. The molecule has 0 saturated carbocycles. The Kier molecular flexibility index (Phi) is 4.67. The van der Waals surface area contributed by atoms with Crippen LogP contribution in [-0.4, -0.2) is 40.2 Å². The SMILES string of the molecule is Cc1nnc(N2C(=O)C(=O)/C(=C(/O)c3ccc4c(c3)OCCO4)[C@H]2c2ccccc2)s1. The number of rotatable bonds is 3. The summed E-state index contributed by atoms with van der Waals surface area (Å²) in [5, 5.41) is 20.2. The number of fused-ring (bicyclic) bond motifs is 1. The van der Waals surface area contributed by atoms with E-state index in [9.17, 15) is 14.7 Å². The lowest BCUT2D eigenvalue weighted by Gasteiger charge is -2.23. The predicted molar refractivity (Wildman–Crippen MR) is 113 cm³/mol. The van der Waals surface area contributed by atoms with E-state index in [1.54, 1.807) is 37.3 Å². The van der Waals surface area contributed by atoms with Crippen molar-refractivity contribution in [3.63, 3.8) is 0 Å². The van der Waals surface area contributed by atoms with Gasteiger partial charge in [0.2, 0.25) is 5.13 Å². The van der Waals surface area contributed by atoms with E-state index >= 15 is 0 Å². The zero-order chi connectivity index (χ0) is 21.5. The maximum Gasteiger partial charge on any atom is 0.301 e. The molecule has 2 aliphatic heterocycles. The fourth-order valence-electron chi connectivity index (χ4n) is 3.71. The average molecular weight is 435 g/mol. The molecule has 1 atom stereocenters. The van der Waals surface area contributed by atoms with Crippen LogP contribution in [0.2, 0.25) is 0 Å². The lowest BCUT2D eigenvalue weighted by Crippen LogP contribution is -2.29. The van der Waals surface area contributed by atoms with Crippen molar-refractivity contribution in [2.24, 2.45) is 0 Å². The molecular weight excluding hydrogens is 418 g/mol. The van der Waals surface area contributed by atoms with Gasteiger partial charge in [-0.15, -0.1) is 10.2 Å². The van der Waals surface area contributed by atoms with Gasteiger partial charge in [0.15, 0.2) is 11.5 Å². The Bertz CT molecular complexity index is 1220. The van der Waals surface area contributed by atoms with Crippen molar-refractivity contribution >= 4 is 33.9 Å². The van der Waals surface area contributed by atoms with Crippen molar-refractivity contribution in [1.82, 2.24) is 10.2 Å². The van der Waals surface area contributed by atoms with E-state index in [1.165, 1.54) is 16.2 Å². The largest absolute Gasteiger partial charge is 0.507 e. The number of aryl methyl sites for hydroxylation is 1. The molecule has 2 aromatic carbocycles. The minimum atomic E-state index is -0.832. The number of hydrogen-bond donors (Lipinski definition) is 1. The Labute approximate surface area is 181 Å². The van der Waals surface area contributed by atoms with Gasteiger partial charge in [0.05, 0.1) is 11.6 Å². The third-order valence-electron chi connectivity index (χ3n) is 5.10. The zero-order valence-corrected chi connectivity index (χ0v) is 17.3. The molecule has 31 heavy (non-hydrogen) atoms. The molecule has 156 valence electrons. The molecular formula is C22H17N3O5S. The molecule has 1 N–H and O–H groups in total. The van der Waals surface area contributed by atoms with Crippen molar-refractivity contribution in [3.8, 4) is 11.5 Å². The summed E-state index contributed by atoms with van der Waals surface area (Å²) in [5.41, 5.74) is 1.02. The normalized spacial score (nSPS) is 19.6. The second-order valence-corrected chi connectivity index (χ2v) is 8.20. The molecule has 0 unspecified atom stereocenters. The Morgan fingerprint density at radius 1 is 1.06 bits per heavy atom. The molecule has 1 fully saturated rings. The first-order valence-electron chi connectivity index (χ1n) is 9.60. The number of Topliss-reactive ketones (excluding diaryl/α,β-unsaturated/α-hetero) is 1. The first-order chi connectivity index (χ1) is 15.0. The third kappa shape index (κ3) is 3.23. The van der Waals surface area contributed by atoms with Gasteiger partial charge in [0.1, 0.15) is 24.0 Å². The molecule has 2 aliphatic rings. The highest BCUT2D eigenvalue weighted by Gasteiger charge is 2.48. The Morgan fingerprint density at radius 2 is 1.81 bits per heavy atom. The number of hydrogen-bond acceptors (Lipinski definition) is 8. The number of ether oxygens (including phenoxy) is 2. The Morgan fingerprint density at radius 3 is 2.52 bits per heavy atom. The van der Waals surface area contributed by atoms with Gasteiger partial charge in [0, 0.05) is 5.56 Å². The molecule has 0 spiro atoms. The minimum Gasteiger partial charge on any atom is -0.507 e. The van der Waals surface area contributed by atoms with Crippen molar-refractivity contribution in [2.45, 2.75) is 13.0 Å². The van der Waals surface area contributed by atoms with E-state index in [0.29, 0.717) is 46.0 Å². The third-order valence-corrected chi connectivity index (χ3v) is 5.93. The van der Waals surface area contributed by atoms with Crippen LogP contribution in [0.4, 0.5) is 5.13 Å². The Balaban J connectivity index is 1.68. The lowest BCUT2D eigenvalue weighted by molar-refractivity contribution is -0.132. The van der Waals surface area contributed by atoms with E-state index in [1.807, 2.05) is 18.2 Å². The standard InChI is InChI=1S/C22H17N3O5S/c1-12-23-24-22(31-12)25-18(13-5-3-2-4-6-13)17(20(27)21(25)28)19(26)14-7-8-15-16(11-14)30-10-9-29-15/h2-8,11,18,26H,9-10H2,1H3/b19-17+/t18-/m1/s1. The summed E-state index contributed by atoms with van der Waals surface area (Å²) in [5.74, 6) is -0.793. The van der Waals surface area contributed by atoms with Crippen LogP contribution in [0.3, 0.4) is 0 Å². The molecule has 5 rings (SSSR count). The van der Waals surface area contributed by atoms with Crippen molar-refractivity contribution in [2.75, 3.05) is 18.1 Å². The fourth-order valence-corrected chi connectivity index (χ4v) is 4.42. The number of aliphatic hydroxyl groups excluding tert-OH is 1. The smallest absolute Gasteiger partial charge is 0.301 e. The fraction of sp³-hybridized carbons (Fsp3) is 0.182. The number of aromatic nitrogens is 2. The highest BCUT2D eigenvalue weighted by Crippen LogP contribution is 2.43. The van der Waals surface area contributed by atoms with Gasteiger partial charge in [-0.25, -0.2) is 0 Å². The second-order valence-electron chi connectivity index (χ2n) is 7.04. The predicted octanol–water partition coefficient (Wildman–Crippen LogP) is 3.24. The van der Waals surface area contributed by atoms with Gasteiger partial charge in [-0.3, -0.25) is 14.5 Å². The zero-order valence-electron chi connectivity index (χ0n) is 16.4. The van der Waals surface area contributed by atoms with Crippen LogP contribution in [0.15, 0.2) is 54.1 Å². The molecule has 1 saturated heterocycles. The maximum atomic E-state index is 13.1. The van der Waals surface area contributed by atoms with Gasteiger partial charge in [0.25, 0.3) is 5.78 Å². The van der Waals surface area contributed by atoms with Crippen LogP contribution >= 0.6 is 11.3 Å². The lowest BCUT2D eigenvalue weighted by atomic mass is 9.95. The van der Waals surface area contributed by atoms with Gasteiger partial charge in [-0.1, -0.05) is 41.7 Å². The minimum absolute atomic E-state index is 0.0132. The van der Waals surface area contributed by atoms with Crippen molar-refractivity contribution in [3.05, 3.63) is 70.2 Å². The summed E-state index contributed by atoms with van der Waals surface area (Å²) in [6.07, 6.45) is 0. The second kappa shape index (κ2) is 7.51. The first-order valence-corrected chi connectivity index (χ1v) is 10.4. The van der Waals surface area contributed by atoms with E-state index in [2.05, 4.69) is 10.2 Å². The van der Waals surface area contributed by atoms with E-state index in [0.717, 1.165) is 0 Å². The highest BCUT2D eigenvalue weighted by molar-refractivity contribution is 7.15. The molecule has 3 aromatic rings. The van der Waals surface area contributed by atoms with Crippen LogP contribution in [-0.2, 0) is 9.59 Å². The quantitative estimate of drug-likeness (QED) is 0.383. The molecule has 0 bridgehead atoms. The van der Waals surface area contributed by atoms with E-state index in [4.69, 9.17) is 9.47 Å². The number of carbonyl (C=O) groups excluding carboxylic acids is 2. The van der Waals surface area contributed by atoms with Crippen LogP contribution in [0.5, 0.6) is 11.5 Å². The summed E-state index contributed by atoms with van der Waals surface area (Å²) >= 11 is 1.21. The van der Waals surface area contributed by atoms with Crippen LogP contribution in [0, 0.1) is 6.92 Å². The van der Waals surface area contributed by atoms with Crippen LogP contribution in [0.25, 0.3) is 5.76 Å². The molecule has 1 amide bonds. The summed E-state index contributed by atoms with van der Waals surface area (Å²) in [7, 11) is 0. The summed E-state index contributed by atoms with van der Waals surface area (Å²) in [4.78, 5) is 27.4. The van der Waals surface area contributed by atoms with Crippen LogP contribution in [0.1, 0.15) is 22.2 Å². The van der Waals surface area contributed by atoms with Crippen molar-refractivity contribution in [1.29, 1.82) is 0 Å². The average Bonchev–Trinajstić information content (AvgIpc) is 3.34. The number of benzene rings is 2. The number of anilines is 1. The van der Waals surface area contributed by atoms with Crippen molar-refractivity contribution < 1.29 is 24.2 Å². The van der Waals surface area contributed by atoms with Gasteiger partial charge < -0.3 is 14.6 Å².